The summed E-state index contributed by atoms with van der Waals surface area (Å²) in [4.78, 5) is 13.8. The minimum Gasteiger partial charge on any atom is -0.0615 e. The predicted octanol–water partition coefficient (Wildman–Crippen LogP) is 18.3. The summed E-state index contributed by atoms with van der Waals surface area (Å²) < 4.78 is 407. The van der Waals surface area contributed by atoms with E-state index in [1.54, 1.807) is 0 Å². The molecule has 0 aliphatic heterocycles. The summed E-state index contributed by atoms with van der Waals surface area (Å²) in [6.07, 6.45) is 0. The summed E-state index contributed by atoms with van der Waals surface area (Å²) >= 11 is -4.69. The molecule has 7 aromatic heterocycles. The molecule has 0 spiro atoms. The number of rotatable bonds is 6. The van der Waals surface area contributed by atoms with E-state index in [9.17, 15) is 41.1 Å². The van der Waals surface area contributed by atoms with Crippen LogP contribution in [0.5, 0.6) is 0 Å². The molecule has 0 radical (unpaired) electrons. The number of aromatic nitrogens is 6. The Kier molecular flexibility index (Phi) is 4.80. The van der Waals surface area contributed by atoms with Crippen LogP contribution < -0.4 is 0 Å². The van der Waals surface area contributed by atoms with Gasteiger partial charge >= 0.3 is 508 Å². The van der Waals surface area contributed by atoms with Crippen LogP contribution in [-0.2, 0) is 0 Å². The van der Waals surface area contributed by atoms with Crippen molar-refractivity contribution in [3.63, 3.8) is 0 Å². The van der Waals surface area contributed by atoms with Gasteiger partial charge in [-0.05, 0) is 0 Å². The molecule has 0 saturated heterocycles. The van der Waals surface area contributed by atoms with E-state index in [1.165, 1.54) is 0 Å². The minimum atomic E-state index is -1.57. The molecule has 0 fully saturated rings. The van der Waals surface area contributed by atoms with Crippen LogP contribution in [0.2, 0.25) is 0 Å². The third-order valence-corrected chi connectivity index (χ3v) is 21.4. The van der Waals surface area contributed by atoms with Crippen LogP contribution in [0.4, 0.5) is 0 Å². The van der Waals surface area contributed by atoms with Crippen LogP contribution in [0.3, 0.4) is 0 Å². The van der Waals surface area contributed by atoms with Crippen molar-refractivity contribution < 1.29 is 57.6 Å². The van der Waals surface area contributed by atoms with Gasteiger partial charge in [-0.25, -0.2) is 0 Å². The van der Waals surface area contributed by atoms with Gasteiger partial charge in [-0.1, -0.05) is 36.3 Å². The summed E-state index contributed by atoms with van der Waals surface area (Å²) in [7, 11) is 0. The van der Waals surface area contributed by atoms with Crippen molar-refractivity contribution in [2.75, 3.05) is 0 Å². The number of hydrogen-bond donors (Lipinski definition) is 0. The molecule has 19 aromatic rings. The Hall–Kier alpha value is -9.39. The Labute approximate surface area is 556 Å². The first-order valence-corrected chi connectivity index (χ1v) is 30.0. The van der Waals surface area contributed by atoms with Gasteiger partial charge in [-0.2, -0.15) is 0 Å². The number of benzene rings is 12. The Balaban J connectivity index is 1.21. The number of para-hydroxylation sites is 3. The van der Waals surface area contributed by atoms with Crippen molar-refractivity contribution in [2.45, 2.75) is 0 Å². The average molecular weight is 1310 g/mol. The fraction of sp³-hybridized carbons (Fsp3) is 0. The van der Waals surface area contributed by atoms with E-state index in [1.807, 2.05) is 0 Å². The molecule has 0 saturated carbocycles. The summed E-state index contributed by atoms with van der Waals surface area (Å²) in [6.45, 7) is 0. The van der Waals surface area contributed by atoms with Gasteiger partial charge in [0.2, 0.25) is 0 Å². The van der Waals surface area contributed by atoms with Crippen LogP contribution in [0.25, 0.3) is 175 Å². The van der Waals surface area contributed by atoms with E-state index in [-0.39, 0.29) is 57.9 Å². The molecule has 390 valence electrons. The molecule has 84 heavy (non-hydrogen) atoms. The molecule has 19 rings (SSSR count). The average Bonchev–Trinajstić information content (AvgIpc) is 1.49. The van der Waals surface area contributed by atoms with Crippen molar-refractivity contribution in [2.24, 2.45) is 0 Å². The third kappa shape index (κ3) is 6.71. The second-order valence-electron chi connectivity index (χ2n) is 18.6. The van der Waals surface area contributed by atoms with E-state index in [2.05, 4.69) is 15.0 Å². The van der Waals surface area contributed by atoms with Crippen LogP contribution in [0.1, 0.15) is 57.6 Å². The SMILES string of the molecule is [2H]c1c([2H])c([2H])c(-c2nc(-c3c([2H])c([2H])c([2H])c([2H])c3[2H])nc(-c3c([2H])c(-n4c5c([2H])c([2H])c([2H])c([2H])c5c5c6[se]c7c([2H])c([2H])c([2H])c([2H])c7c6c([2H])c([2H])c54)c(-n4c5c([2H])c([2H])c([2H])c([2H])c5c5c6[se]c7c([2H])c([2H])c([2H])c([2H])c7c6c([2H])c([2H])c54)c(-n4c5c([2H])c([2H])c([2H])c([2H])c5c5c6[se]c7c([2H])c([2H])c([2H])c([2H])c7c6c([2H])c([2H])c54)c3[2H])n2)c([2H])c1[2H]. The third-order valence-electron chi connectivity index (χ3n) is 14.3. The molecule has 9 heteroatoms. The van der Waals surface area contributed by atoms with E-state index in [0.717, 1.165) is 13.7 Å². The predicted molar refractivity (Wildman–Crippen MR) is 355 cm³/mol. The summed E-state index contributed by atoms with van der Waals surface area (Å²) in [6, 6.07) is -41.6. The summed E-state index contributed by atoms with van der Waals surface area (Å²) in [5, 5.41) is -5.57. The standard InChI is InChI=1S/C75H42N6Se3/c1-3-19-43(20-4-1)73-76-74(44-21-5-2-6-22-44)78-75(77-73)45-41-61(79-55-29-13-7-26-52(55)66-58(79)38-35-49-46-23-10-16-32-63(46)82-70(49)66)69(81-57-31-15-9-28-54(57)68-60(81)40-37-51-48-25-12-18-34-65(48)84-72(51)68)62(42-45)80-56-30-14-8-27-53(56)67-59(80)39-36-50-47-24-11-17-33-64(47)83-71(50)67/h1-42H/i1D,2D,3D,4D,5D,6D,7D,8D,9D,10D,11D,12D,13D,14D,15D,16D,17D,18D,19D,20D,21D,22D,23D,24D,25D,26D,27D,28D,29D,30D,31D,32D,33D,34D,35D,36D,37D,38D,39D,40D,41D,42D. The van der Waals surface area contributed by atoms with Gasteiger partial charge in [0.15, 0.2) is 0 Å². The van der Waals surface area contributed by atoms with Gasteiger partial charge in [-0.15, -0.1) is 0 Å². The Morgan fingerprint density at radius 2 is 0.571 bits per heavy atom. The first kappa shape index (κ1) is 22.3. The fourth-order valence-corrected chi connectivity index (χ4v) is 18.0. The fourth-order valence-electron chi connectivity index (χ4n) is 11.0. The summed E-state index contributed by atoms with van der Waals surface area (Å²) in [5.74, 6) is -3.44. The zero-order valence-corrected chi connectivity index (χ0v) is 46.5. The van der Waals surface area contributed by atoms with Gasteiger partial charge in [0.05, 0.1) is 13.7 Å². The molecule has 0 amide bonds. The zero-order valence-electron chi connectivity index (χ0n) is 83.4. The first-order chi connectivity index (χ1) is 59.1. The summed E-state index contributed by atoms with van der Waals surface area (Å²) in [5.41, 5.74) is -11.8. The van der Waals surface area contributed by atoms with E-state index >= 15 is 0 Å². The van der Waals surface area contributed by atoms with Crippen molar-refractivity contribution in [1.82, 2.24) is 28.7 Å². The molecule has 7 heterocycles. The van der Waals surface area contributed by atoms with Crippen LogP contribution in [0.15, 0.2) is 254 Å². The molecule has 12 aromatic carbocycles. The smallest absolute Gasteiger partial charge is 0.0615 e. The Morgan fingerprint density at radius 1 is 0.262 bits per heavy atom. The van der Waals surface area contributed by atoms with Crippen molar-refractivity contribution in [3.05, 3.63) is 254 Å². The van der Waals surface area contributed by atoms with Crippen LogP contribution in [0, 0.1) is 0 Å². The first-order valence-electron chi connectivity index (χ1n) is 45.8. The number of nitrogens with zero attached hydrogens (tertiary/aromatic N) is 6. The van der Waals surface area contributed by atoms with Gasteiger partial charge in [0.1, 0.15) is 0 Å². The minimum absolute atomic E-state index is 0.154. The molecule has 0 bridgehead atoms. The maximum atomic E-state index is 11.7. The van der Waals surface area contributed by atoms with E-state index in [0.29, 0.717) is 0 Å². The second kappa shape index (κ2) is 18.1. The molecule has 6 nitrogen and oxygen atoms in total. The molecule has 0 aliphatic carbocycles. The number of fused-ring (bicyclic) bond motifs is 21. The molecule has 0 unspecified atom stereocenters. The zero-order chi connectivity index (χ0) is 91.3. The molecule has 0 atom stereocenters. The van der Waals surface area contributed by atoms with E-state index in [4.69, 9.17) is 16.4 Å². The molecular formula is C75H42N6Se3. The Morgan fingerprint density at radius 3 is 0.964 bits per heavy atom. The molecule has 0 aliphatic rings. The topological polar surface area (TPSA) is 53.5 Å². The maximum absolute atomic E-state index is 11.7. The van der Waals surface area contributed by atoms with Crippen LogP contribution >= 0.6 is 0 Å². The van der Waals surface area contributed by atoms with Gasteiger partial charge in [0, 0.05) is 0 Å². The molecular weight excluding hydrogens is 1220 g/mol. The van der Waals surface area contributed by atoms with Gasteiger partial charge in [-0.3, -0.25) is 0 Å². The van der Waals surface area contributed by atoms with Crippen molar-refractivity contribution in [3.8, 4) is 51.2 Å². The van der Waals surface area contributed by atoms with Gasteiger partial charge < -0.3 is 0 Å². The molecule has 0 N–H and O–H groups in total. The Bertz CT molecular complexity index is 8210. The normalized spacial score (nSPS) is 19.3. The van der Waals surface area contributed by atoms with Crippen molar-refractivity contribution in [1.29, 1.82) is 0 Å². The van der Waals surface area contributed by atoms with Crippen LogP contribution in [-0.4, -0.2) is 72.2 Å². The quantitative estimate of drug-likeness (QED) is 0.156. The van der Waals surface area contributed by atoms with E-state index < -0.39 is 414 Å². The second-order valence-corrected chi connectivity index (χ2v) is 25.0. The number of hydrogen-bond acceptors (Lipinski definition) is 3. The van der Waals surface area contributed by atoms with Crippen molar-refractivity contribution >= 4 is 167 Å². The monoisotopic (exact) mass is 1310 g/mol. The van der Waals surface area contributed by atoms with Gasteiger partial charge in [0.25, 0.3) is 0 Å².